The summed E-state index contributed by atoms with van der Waals surface area (Å²) in [5, 5.41) is 15.9. The molecule has 33 heavy (non-hydrogen) atoms. The van der Waals surface area contributed by atoms with Crippen molar-refractivity contribution in [2.75, 3.05) is 13.7 Å². The van der Waals surface area contributed by atoms with Crippen LogP contribution in [0.1, 0.15) is 51.8 Å². The van der Waals surface area contributed by atoms with E-state index < -0.39 is 8.32 Å². The summed E-state index contributed by atoms with van der Waals surface area (Å²) in [6.45, 7) is 11.8. The van der Waals surface area contributed by atoms with Crippen LogP contribution in [0.15, 0.2) is 30.5 Å². The molecule has 1 atom stereocenters. The fraction of sp³-hybridized carbons (Fsp3) is 0.520. The SMILES string of the molecule is COc1ncc(-c2nn(C3CCCCO3)c3ccc(O[Si](C)(C)C(C)(C)C)cc23)cc1CO. The second kappa shape index (κ2) is 9.08. The quantitative estimate of drug-likeness (QED) is 0.468. The summed E-state index contributed by atoms with van der Waals surface area (Å²) >= 11 is 0. The molecule has 2 aromatic heterocycles. The highest BCUT2D eigenvalue weighted by atomic mass is 28.4. The average molecular weight is 470 g/mol. The van der Waals surface area contributed by atoms with Gasteiger partial charge < -0.3 is 19.0 Å². The molecule has 0 bridgehead atoms. The molecular formula is C25H35N3O4Si. The number of fused-ring (bicyclic) bond motifs is 1. The minimum absolute atomic E-state index is 0.0920. The van der Waals surface area contributed by atoms with Crippen LogP contribution in [0.2, 0.25) is 18.1 Å². The van der Waals surface area contributed by atoms with Gasteiger partial charge in [0.05, 0.1) is 19.2 Å². The van der Waals surface area contributed by atoms with E-state index in [2.05, 4.69) is 51.0 Å². The third-order valence-corrected chi connectivity index (χ3v) is 11.2. The van der Waals surface area contributed by atoms with E-state index in [1.165, 1.54) is 0 Å². The Kier molecular flexibility index (Phi) is 6.53. The van der Waals surface area contributed by atoms with E-state index in [0.717, 1.165) is 53.8 Å². The number of pyridine rings is 1. The molecule has 0 spiro atoms. The number of benzene rings is 1. The topological polar surface area (TPSA) is 78.6 Å². The Balaban J connectivity index is 1.85. The van der Waals surface area contributed by atoms with Gasteiger partial charge in [-0.3, -0.25) is 0 Å². The molecule has 1 aromatic carbocycles. The number of methoxy groups -OCH3 is 1. The zero-order valence-corrected chi connectivity index (χ0v) is 21.5. The predicted octanol–water partition coefficient (Wildman–Crippen LogP) is 5.68. The van der Waals surface area contributed by atoms with Gasteiger partial charge in [-0.1, -0.05) is 20.8 Å². The Bertz CT molecular complexity index is 1130. The van der Waals surface area contributed by atoms with Crippen LogP contribution in [0.25, 0.3) is 22.2 Å². The van der Waals surface area contributed by atoms with Crippen molar-refractivity contribution in [1.82, 2.24) is 14.8 Å². The van der Waals surface area contributed by atoms with Gasteiger partial charge in [-0.15, -0.1) is 0 Å². The maximum Gasteiger partial charge on any atom is 0.250 e. The average Bonchev–Trinajstić information content (AvgIpc) is 3.17. The summed E-state index contributed by atoms with van der Waals surface area (Å²) in [5.41, 5.74) is 3.25. The maximum atomic E-state index is 9.81. The lowest BCUT2D eigenvalue weighted by Gasteiger charge is -2.36. The van der Waals surface area contributed by atoms with Gasteiger partial charge in [-0.25, -0.2) is 9.67 Å². The number of aliphatic hydroxyl groups is 1. The van der Waals surface area contributed by atoms with Crippen molar-refractivity contribution in [3.63, 3.8) is 0 Å². The molecule has 178 valence electrons. The Morgan fingerprint density at radius 1 is 1.21 bits per heavy atom. The summed E-state index contributed by atoms with van der Waals surface area (Å²) in [7, 11) is -0.444. The van der Waals surface area contributed by atoms with Crippen molar-refractivity contribution in [2.24, 2.45) is 0 Å². The molecule has 7 nitrogen and oxygen atoms in total. The van der Waals surface area contributed by atoms with Gasteiger partial charge in [-0.2, -0.15) is 5.10 Å². The number of aromatic nitrogens is 3. The zero-order chi connectivity index (χ0) is 23.8. The van der Waals surface area contributed by atoms with Crippen LogP contribution in [0, 0.1) is 0 Å². The Morgan fingerprint density at radius 3 is 2.64 bits per heavy atom. The van der Waals surface area contributed by atoms with Crippen molar-refractivity contribution in [1.29, 1.82) is 0 Å². The van der Waals surface area contributed by atoms with Crippen molar-refractivity contribution in [3.8, 4) is 22.9 Å². The number of rotatable bonds is 6. The molecule has 1 aliphatic rings. The number of aliphatic hydroxyl groups excluding tert-OH is 1. The third-order valence-electron chi connectivity index (χ3n) is 6.85. The van der Waals surface area contributed by atoms with Crippen molar-refractivity contribution in [2.45, 2.75) is 71.0 Å². The first-order valence-corrected chi connectivity index (χ1v) is 14.5. The molecule has 1 saturated heterocycles. The summed E-state index contributed by atoms with van der Waals surface area (Å²) < 4.78 is 19.9. The van der Waals surface area contributed by atoms with Crippen molar-refractivity contribution < 1.29 is 19.0 Å². The highest BCUT2D eigenvalue weighted by Gasteiger charge is 2.39. The molecule has 4 rings (SSSR count). The summed E-state index contributed by atoms with van der Waals surface area (Å²) in [4.78, 5) is 4.40. The maximum absolute atomic E-state index is 9.81. The van der Waals surface area contributed by atoms with E-state index >= 15 is 0 Å². The van der Waals surface area contributed by atoms with Gasteiger partial charge in [0.2, 0.25) is 14.2 Å². The molecule has 1 N–H and O–H groups in total. The van der Waals surface area contributed by atoms with Gasteiger partial charge in [0.1, 0.15) is 11.4 Å². The standard InChI is InChI=1S/C25H35N3O4Si/c1-25(2,3)33(5,6)32-19-10-11-21-20(14-19)23(27-28(21)22-9-7-8-12-31-22)17-13-18(16-29)24(30-4)26-15-17/h10-11,13-15,22,29H,7-9,12,16H2,1-6H3. The van der Waals surface area contributed by atoms with Crippen LogP contribution >= 0.6 is 0 Å². The fourth-order valence-electron chi connectivity index (χ4n) is 3.91. The van der Waals surface area contributed by atoms with Gasteiger partial charge >= 0.3 is 0 Å². The Morgan fingerprint density at radius 2 is 2.00 bits per heavy atom. The Hall–Kier alpha value is -2.42. The van der Waals surface area contributed by atoms with E-state index in [9.17, 15) is 5.11 Å². The first-order valence-electron chi connectivity index (χ1n) is 11.6. The first-order chi connectivity index (χ1) is 15.6. The summed E-state index contributed by atoms with van der Waals surface area (Å²) in [6, 6.07) is 8.09. The van der Waals surface area contributed by atoms with Crippen LogP contribution in [-0.2, 0) is 11.3 Å². The summed E-state index contributed by atoms with van der Waals surface area (Å²) in [5.74, 6) is 1.27. The molecule has 0 aliphatic carbocycles. The van der Waals surface area contributed by atoms with Crippen molar-refractivity contribution in [3.05, 3.63) is 36.0 Å². The minimum atomic E-state index is -2.00. The molecule has 3 heterocycles. The summed E-state index contributed by atoms with van der Waals surface area (Å²) in [6.07, 6.45) is 4.78. The minimum Gasteiger partial charge on any atom is -0.543 e. The highest BCUT2D eigenvalue weighted by Crippen LogP contribution is 2.40. The lowest BCUT2D eigenvalue weighted by atomic mass is 10.1. The molecule has 8 heteroatoms. The van der Waals surface area contributed by atoms with E-state index in [4.69, 9.17) is 19.0 Å². The lowest BCUT2D eigenvalue weighted by Crippen LogP contribution is -2.43. The molecule has 0 radical (unpaired) electrons. The van der Waals surface area contributed by atoms with E-state index in [1.54, 1.807) is 13.3 Å². The predicted molar refractivity (Wildman–Crippen MR) is 132 cm³/mol. The molecule has 1 unspecified atom stereocenters. The van der Waals surface area contributed by atoms with Gasteiger partial charge in [0, 0.05) is 29.3 Å². The molecule has 3 aromatic rings. The molecular weight excluding hydrogens is 434 g/mol. The number of hydrogen-bond donors (Lipinski definition) is 1. The number of nitrogens with zero attached hydrogens (tertiary/aromatic N) is 3. The van der Waals surface area contributed by atoms with Crippen LogP contribution in [0.3, 0.4) is 0 Å². The van der Waals surface area contributed by atoms with Crippen LogP contribution in [-0.4, -0.2) is 41.9 Å². The molecule has 1 fully saturated rings. The van der Waals surface area contributed by atoms with Gasteiger partial charge in [-0.05, 0) is 61.7 Å². The second-order valence-corrected chi connectivity index (χ2v) is 14.9. The normalized spacial score (nSPS) is 17.4. The molecule has 0 amide bonds. The largest absolute Gasteiger partial charge is 0.543 e. The zero-order valence-electron chi connectivity index (χ0n) is 20.5. The van der Waals surface area contributed by atoms with E-state index in [-0.39, 0.29) is 17.9 Å². The van der Waals surface area contributed by atoms with Crippen LogP contribution < -0.4 is 9.16 Å². The van der Waals surface area contributed by atoms with E-state index in [1.807, 2.05) is 16.8 Å². The lowest BCUT2D eigenvalue weighted by molar-refractivity contribution is -0.0365. The van der Waals surface area contributed by atoms with Crippen LogP contribution in [0.4, 0.5) is 0 Å². The van der Waals surface area contributed by atoms with Gasteiger partial charge in [0.25, 0.3) is 0 Å². The highest BCUT2D eigenvalue weighted by molar-refractivity contribution is 6.74. The number of ether oxygens (including phenoxy) is 2. The van der Waals surface area contributed by atoms with E-state index in [0.29, 0.717) is 11.4 Å². The molecule has 0 saturated carbocycles. The number of hydrogen-bond acceptors (Lipinski definition) is 6. The molecule has 1 aliphatic heterocycles. The van der Waals surface area contributed by atoms with Crippen molar-refractivity contribution >= 4 is 19.2 Å². The smallest absolute Gasteiger partial charge is 0.250 e. The fourth-order valence-corrected chi connectivity index (χ4v) is 4.93. The first kappa shape index (κ1) is 23.7. The second-order valence-electron chi connectivity index (χ2n) is 10.2. The third kappa shape index (κ3) is 4.65. The monoisotopic (exact) mass is 469 g/mol. The van der Waals surface area contributed by atoms with Crippen LogP contribution in [0.5, 0.6) is 11.6 Å². The Labute approximate surface area is 196 Å². The van der Waals surface area contributed by atoms with Gasteiger partial charge in [0.15, 0.2) is 6.23 Å².